The summed E-state index contributed by atoms with van der Waals surface area (Å²) in [6, 6.07) is 11.7. The first kappa shape index (κ1) is 22.5. The standard InChI is InChI=1S/C21H17ClFN3O4S/c22-15-5-3-14(4-6-15)19(28)25-12-18(27)24-9-10-26-20(29)17(31-21(26)30)11-13-1-7-16(23)8-2-13/h1-8,11H,9-10,12H2,(H,24,27)(H,25,28). The first-order chi connectivity index (χ1) is 14.8. The fraction of sp³-hybridized carbons (Fsp3) is 0.143. The van der Waals surface area contributed by atoms with Gasteiger partial charge in [0.1, 0.15) is 5.82 Å². The number of halogens is 2. The van der Waals surface area contributed by atoms with Gasteiger partial charge in [-0.2, -0.15) is 0 Å². The second kappa shape index (κ2) is 10.2. The van der Waals surface area contributed by atoms with Crippen LogP contribution in [0.15, 0.2) is 53.4 Å². The van der Waals surface area contributed by atoms with E-state index in [0.29, 0.717) is 16.1 Å². The Morgan fingerprint density at radius 1 is 1.03 bits per heavy atom. The number of hydrogen-bond acceptors (Lipinski definition) is 5. The lowest BCUT2D eigenvalue weighted by Crippen LogP contribution is -2.41. The van der Waals surface area contributed by atoms with Crippen LogP contribution in [0, 0.1) is 5.82 Å². The van der Waals surface area contributed by atoms with Crippen LogP contribution in [0.5, 0.6) is 0 Å². The minimum atomic E-state index is -0.482. The van der Waals surface area contributed by atoms with Gasteiger partial charge in [0.25, 0.3) is 17.1 Å². The van der Waals surface area contributed by atoms with Gasteiger partial charge < -0.3 is 10.6 Å². The van der Waals surface area contributed by atoms with Gasteiger partial charge in [-0.05, 0) is 59.8 Å². The van der Waals surface area contributed by atoms with Crippen molar-refractivity contribution in [1.29, 1.82) is 0 Å². The summed E-state index contributed by atoms with van der Waals surface area (Å²) in [5.74, 6) is -1.77. The molecule has 4 amide bonds. The molecular weight excluding hydrogens is 445 g/mol. The number of nitrogens with zero attached hydrogens (tertiary/aromatic N) is 1. The highest BCUT2D eigenvalue weighted by Crippen LogP contribution is 2.31. The van der Waals surface area contributed by atoms with Crippen molar-refractivity contribution in [2.45, 2.75) is 0 Å². The fourth-order valence-corrected chi connectivity index (χ4v) is 3.63. The molecule has 7 nitrogen and oxygen atoms in total. The molecule has 31 heavy (non-hydrogen) atoms. The molecule has 0 unspecified atom stereocenters. The topological polar surface area (TPSA) is 95.6 Å². The summed E-state index contributed by atoms with van der Waals surface area (Å²) in [4.78, 5) is 49.7. The van der Waals surface area contributed by atoms with Gasteiger partial charge in [-0.1, -0.05) is 23.7 Å². The molecule has 0 aliphatic carbocycles. The molecule has 0 radical (unpaired) electrons. The van der Waals surface area contributed by atoms with E-state index in [9.17, 15) is 23.6 Å². The molecule has 0 bridgehead atoms. The molecular formula is C21H17ClFN3O4S. The fourth-order valence-electron chi connectivity index (χ4n) is 2.64. The van der Waals surface area contributed by atoms with E-state index in [2.05, 4.69) is 10.6 Å². The van der Waals surface area contributed by atoms with Crippen LogP contribution < -0.4 is 10.6 Å². The van der Waals surface area contributed by atoms with Gasteiger partial charge in [0.2, 0.25) is 5.91 Å². The third kappa shape index (κ3) is 6.16. The lowest BCUT2D eigenvalue weighted by Gasteiger charge is -2.13. The molecule has 2 aromatic rings. The Balaban J connectivity index is 1.45. The van der Waals surface area contributed by atoms with E-state index in [1.54, 1.807) is 12.1 Å². The van der Waals surface area contributed by atoms with Crippen LogP contribution in [0.2, 0.25) is 5.02 Å². The summed E-state index contributed by atoms with van der Waals surface area (Å²) in [6.45, 7) is -0.229. The van der Waals surface area contributed by atoms with Crippen LogP contribution in [0.1, 0.15) is 15.9 Å². The van der Waals surface area contributed by atoms with Gasteiger partial charge in [-0.25, -0.2) is 4.39 Å². The highest BCUT2D eigenvalue weighted by molar-refractivity contribution is 8.18. The van der Waals surface area contributed by atoms with E-state index in [1.165, 1.54) is 42.5 Å². The van der Waals surface area contributed by atoms with Crippen molar-refractivity contribution in [2.75, 3.05) is 19.6 Å². The summed E-state index contributed by atoms with van der Waals surface area (Å²) in [7, 11) is 0. The monoisotopic (exact) mass is 461 g/mol. The molecule has 0 atom stereocenters. The number of benzene rings is 2. The summed E-state index contributed by atoms with van der Waals surface area (Å²) in [5, 5.41) is 5.06. The molecule has 2 aromatic carbocycles. The Labute approximate surface area is 186 Å². The van der Waals surface area contributed by atoms with Crippen molar-refractivity contribution in [3.8, 4) is 0 Å². The Bertz CT molecular complexity index is 1040. The van der Waals surface area contributed by atoms with E-state index in [1.807, 2.05) is 0 Å². The largest absolute Gasteiger partial charge is 0.353 e. The van der Waals surface area contributed by atoms with Crippen molar-refractivity contribution in [2.24, 2.45) is 0 Å². The second-order valence-corrected chi connectivity index (χ2v) is 7.85. The molecule has 1 aliphatic rings. The molecule has 160 valence electrons. The van der Waals surface area contributed by atoms with E-state index in [4.69, 9.17) is 11.6 Å². The van der Waals surface area contributed by atoms with Crippen LogP contribution in [-0.2, 0) is 9.59 Å². The van der Waals surface area contributed by atoms with Crippen molar-refractivity contribution >= 4 is 52.4 Å². The van der Waals surface area contributed by atoms with Crippen molar-refractivity contribution in [1.82, 2.24) is 15.5 Å². The van der Waals surface area contributed by atoms with Crippen LogP contribution in [0.4, 0.5) is 9.18 Å². The number of thioether (sulfide) groups is 1. The van der Waals surface area contributed by atoms with Gasteiger partial charge in [0, 0.05) is 23.7 Å². The molecule has 0 saturated carbocycles. The first-order valence-electron chi connectivity index (χ1n) is 9.15. The predicted molar refractivity (Wildman–Crippen MR) is 116 cm³/mol. The normalized spacial score (nSPS) is 14.8. The number of carbonyl (C=O) groups excluding carboxylic acids is 4. The van der Waals surface area contributed by atoms with Crippen molar-refractivity contribution in [3.63, 3.8) is 0 Å². The highest BCUT2D eigenvalue weighted by atomic mass is 35.5. The number of rotatable bonds is 7. The Morgan fingerprint density at radius 3 is 2.39 bits per heavy atom. The molecule has 1 aliphatic heterocycles. The molecule has 0 spiro atoms. The maximum absolute atomic E-state index is 13.0. The summed E-state index contributed by atoms with van der Waals surface area (Å²) in [6.07, 6.45) is 1.51. The minimum absolute atomic E-state index is 0.0116. The van der Waals surface area contributed by atoms with Gasteiger partial charge >= 0.3 is 0 Å². The molecule has 1 heterocycles. The summed E-state index contributed by atoms with van der Waals surface area (Å²) in [5.41, 5.74) is 0.958. The number of amides is 4. The maximum atomic E-state index is 13.0. The van der Waals surface area contributed by atoms with Crippen LogP contribution in [0.3, 0.4) is 0 Å². The Kier molecular flexibility index (Phi) is 7.43. The SMILES string of the molecule is O=C(CNC(=O)c1ccc(Cl)cc1)NCCN1C(=O)SC(=Cc2ccc(F)cc2)C1=O. The first-order valence-corrected chi connectivity index (χ1v) is 10.3. The second-order valence-electron chi connectivity index (χ2n) is 6.42. The molecule has 0 aromatic heterocycles. The number of nitrogens with one attached hydrogen (secondary N) is 2. The Hall–Kier alpha value is -3.17. The van der Waals surface area contributed by atoms with Gasteiger partial charge in [0.15, 0.2) is 0 Å². The number of carbonyl (C=O) groups is 4. The zero-order valence-electron chi connectivity index (χ0n) is 16.1. The molecule has 10 heteroatoms. The van der Waals surface area contributed by atoms with Crippen LogP contribution in [0.25, 0.3) is 6.08 Å². The van der Waals surface area contributed by atoms with Crippen LogP contribution in [-0.4, -0.2) is 47.5 Å². The zero-order valence-corrected chi connectivity index (χ0v) is 17.6. The van der Waals surface area contributed by atoms with Crippen molar-refractivity contribution in [3.05, 3.63) is 75.4 Å². The summed E-state index contributed by atoms with van der Waals surface area (Å²) < 4.78 is 13.0. The molecule has 2 N–H and O–H groups in total. The van der Waals surface area contributed by atoms with E-state index in [-0.39, 0.29) is 24.5 Å². The lowest BCUT2D eigenvalue weighted by molar-refractivity contribution is -0.124. The van der Waals surface area contributed by atoms with E-state index < -0.39 is 28.8 Å². The average molecular weight is 462 g/mol. The number of hydrogen-bond donors (Lipinski definition) is 2. The Morgan fingerprint density at radius 2 is 1.71 bits per heavy atom. The smallest absolute Gasteiger partial charge is 0.293 e. The molecule has 1 fully saturated rings. The van der Waals surface area contributed by atoms with Gasteiger partial charge in [-0.15, -0.1) is 0 Å². The maximum Gasteiger partial charge on any atom is 0.293 e. The molecule has 3 rings (SSSR count). The van der Waals surface area contributed by atoms with Gasteiger partial charge in [-0.3, -0.25) is 24.1 Å². The minimum Gasteiger partial charge on any atom is -0.353 e. The van der Waals surface area contributed by atoms with E-state index in [0.717, 1.165) is 16.7 Å². The van der Waals surface area contributed by atoms with Crippen LogP contribution >= 0.6 is 23.4 Å². The molecule has 1 saturated heterocycles. The third-order valence-electron chi connectivity index (χ3n) is 4.21. The zero-order chi connectivity index (χ0) is 22.4. The predicted octanol–water partition coefficient (Wildman–Crippen LogP) is 3.06. The van der Waals surface area contributed by atoms with Gasteiger partial charge in [0.05, 0.1) is 11.4 Å². The summed E-state index contributed by atoms with van der Waals surface area (Å²) >= 11 is 6.54. The third-order valence-corrected chi connectivity index (χ3v) is 5.37. The number of imide groups is 1. The lowest BCUT2D eigenvalue weighted by atomic mass is 10.2. The van der Waals surface area contributed by atoms with Crippen molar-refractivity contribution < 1.29 is 23.6 Å². The average Bonchev–Trinajstić information content (AvgIpc) is 3.01. The van der Waals surface area contributed by atoms with E-state index >= 15 is 0 Å². The highest BCUT2D eigenvalue weighted by Gasteiger charge is 2.34. The quantitative estimate of drug-likeness (QED) is 0.618.